The first-order valence-corrected chi connectivity index (χ1v) is 13.3. The number of likely N-dealkylation sites (tertiary alicyclic amines) is 1. The van der Waals surface area contributed by atoms with Crippen LogP contribution in [0, 0.1) is 5.41 Å². The van der Waals surface area contributed by atoms with E-state index in [0.717, 1.165) is 18.7 Å². The van der Waals surface area contributed by atoms with Crippen molar-refractivity contribution in [2.24, 2.45) is 5.41 Å². The van der Waals surface area contributed by atoms with Crippen LogP contribution in [0.1, 0.15) is 54.2 Å². The molecule has 1 fully saturated rings. The number of benzene rings is 1. The van der Waals surface area contributed by atoms with Crippen LogP contribution in [0.2, 0.25) is 0 Å². The third-order valence-electron chi connectivity index (χ3n) is 6.92. The van der Waals surface area contributed by atoms with Gasteiger partial charge >= 0.3 is 18.1 Å². The lowest BCUT2D eigenvalue weighted by Crippen LogP contribution is -2.45. The first-order valence-electron chi connectivity index (χ1n) is 13.3. The molecule has 1 saturated heterocycles. The number of anilines is 1. The van der Waals surface area contributed by atoms with E-state index in [2.05, 4.69) is 25.2 Å². The molecule has 1 aliphatic rings. The number of alkyl halides is 3. The Bertz CT molecular complexity index is 1310. The molecule has 2 aromatic heterocycles. The van der Waals surface area contributed by atoms with Gasteiger partial charge in [-0.3, -0.25) is 9.59 Å². The number of halogens is 3. The predicted octanol–water partition coefficient (Wildman–Crippen LogP) is 4.39. The van der Waals surface area contributed by atoms with Crippen LogP contribution < -0.4 is 5.32 Å². The van der Waals surface area contributed by atoms with Gasteiger partial charge in [-0.15, -0.1) is 0 Å². The average Bonchev–Trinajstić information content (AvgIpc) is 3.40. The molecule has 3 heterocycles. The van der Waals surface area contributed by atoms with Gasteiger partial charge in [0.1, 0.15) is 5.82 Å². The highest BCUT2D eigenvalue weighted by molar-refractivity contribution is 5.94. The van der Waals surface area contributed by atoms with Crippen molar-refractivity contribution in [3.05, 3.63) is 72.0 Å². The Balaban J connectivity index is 1.36. The van der Waals surface area contributed by atoms with Crippen LogP contribution >= 0.6 is 0 Å². The molecule has 3 aromatic rings. The highest BCUT2D eigenvalue weighted by atomic mass is 19.4. The summed E-state index contributed by atoms with van der Waals surface area (Å²) in [6.45, 7) is 1.21. The Morgan fingerprint density at radius 3 is 2.44 bits per heavy atom. The average molecular weight is 574 g/mol. The number of rotatable bonds is 11. The molecule has 1 N–H and O–H groups in total. The van der Waals surface area contributed by atoms with Gasteiger partial charge in [0, 0.05) is 44.2 Å². The number of piperidine rings is 1. The maximum absolute atomic E-state index is 12.9. The second-order valence-electron chi connectivity index (χ2n) is 9.97. The molecule has 218 valence electrons. The Hall–Kier alpha value is -4.29. The molecule has 4 rings (SSSR count). The minimum Gasteiger partial charge on any atom is -0.386 e. The van der Waals surface area contributed by atoms with E-state index in [1.165, 1.54) is 0 Å². The summed E-state index contributed by atoms with van der Waals surface area (Å²) >= 11 is 0. The molecular weight excluding hydrogens is 543 g/mol. The van der Waals surface area contributed by atoms with Gasteiger partial charge in [0.2, 0.25) is 5.89 Å². The lowest BCUT2D eigenvalue weighted by molar-refractivity contribution is -0.202. The number of carbonyl (C=O) groups is 3. The van der Waals surface area contributed by atoms with Crippen molar-refractivity contribution in [1.29, 1.82) is 0 Å². The molecular formula is C28H30F3N5O5. The van der Waals surface area contributed by atoms with Gasteiger partial charge in [0.15, 0.2) is 5.82 Å². The van der Waals surface area contributed by atoms with Gasteiger partial charge in [-0.1, -0.05) is 29.4 Å². The zero-order chi connectivity index (χ0) is 29.3. The van der Waals surface area contributed by atoms with E-state index in [-0.39, 0.29) is 44.1 Å². The van der Waals surface area contributed by atoms with Gasteiger partial charge in [-0.05, 0) is 55.4 Å². The number of nitrogens with zero attached hydrogens (tertiary/aromatic N) is 4. The van der Waals surface area contributed by atoms with Crippen LogP contribution in [0.3, 0.4) is 0 Å². The number of pyridine rings is 1. The molecule has 13 heteroatoms. The van der Waals surface area contributed by atoms with Crippen molar-refractivity contribution in [3.8, 4) is 0 Å². The zero-order valence-corrected chi connectivity index (χ0v) is 22.2. The third kappa shape index (κ3) is 8.60. The largest absolute Gasteiger partial charge is 0.491 e. The minimum absolute atomic E-state index is 0.0872. The smallest absolute Gasteiger partial charge is 0.386 e. The number of amides is 1. The fourth-order valence-electron chi connectivity index (χ4n) is 4.74. The molecule has 0 aliphatic carbocycles. The Morgan fingerprint density at radius 1 is 1.02 bits per heavy atom. The molecule has 1 aliphatic heterocycles. The predicted molar refractivity (Wildman–Crippen MR) is 139 cm³/mol. The number of unbranched alkanes of at least 4 members (excludes halogenated alkanes) is 1. The number of aromatic nitrogens is 3. The summed E-state index contributed by atoms with van der Waals surface area (Å²) in [5, 5.41) is 7.23. The molecule has 10 nitrogen and oxygen atoms in total. The molecule has 41 heavy (non-hydrogen) atoms. The highest BCUT2D eigenvalue weighted by Crippen LogP contribution is 2.39. The summed E-state index contributed by atoms with van der Waals surface area (Å²) in [5.74, 6) is -2.57. The van der Waals surface area contributed by atoms with Gasteiger partial charge in [-0.25, -0.2) is 9.78 Å². The van der Waals surface area contributed by atoms with E-state index in [9.17, 15) is 27.6 Å². The van der Waals surface area contributed by atoms with E-state index in [1.54, 1.807) is 41.4 Å². The summed E-state index contributed by atoms with van der Waals surface area (Å²) in [7, 11) is 0. The lowest BCUT2D eigenvalue weighted by atomic mass is 9.73. The molecule has 0 unspecified atom stereocenters. The molecule has 0 spiro atoms. The van der Waals surface area contributed by atoms with Crippen molar-refractivity contribution in [2.45, 2.75) is 51.1 Å². The number of aryl methyl sites for hydroxylation is 1. The number of ether oxygens (including phenoxy) is 1. The number of hydrogen-bond donors (Lipinski definition) is 1. The summed E-state index contributed by atoms with van der Waals surface area (Å²) in [4.78, 5) is 46.8. The van der Waals surface area contributed by atoms with Crippen LogP contribution in [0.15, 0.2) is 59.3 Å². The monoisotopic (exact) mass is 573 g/mol. The van der Waals surface area contributed by atoms with Gasteiger partial charge in [-0.2, -0.15) is 18.2 Å². The number of esters is 2. The van der Waals surface area contributed by atoms with Crippen molar-refractivity contribution in [1.82, 2.24) is 20.0 Å². The molecule has 1 amide bonds. The topological polar surface area (TPSA) is 128 Å². The summed E-state index contributed by atoms with van der Waals surface area (Å²) in [6, 6.07) is 14.3. The first kappa shape index (κ1) is 29.7. The summed E-state index contributed by atoms with van der Waals surface area (Å²) in [5.41, 5.74) is -0.431. The quantitative estimate of drug-likeness (QED) is 0.202. The number of nitrogens with one attached hydrogen (secondary N) is 1. The van der Waals surface area contributed by atoms with Crippen molar-refractivity contribution >= 4 is 23.7 Å². The normalized spacial score (nSPS) is 14.9. The van der Waals surface area contributed by atoms with Gasteiger partial charge in [0.05, 0.1) is 6.42 Å². The van der Waals surface area contributed by atoms with E-state index < -0.39 is 30.0 Å². The first-order chi connectivity index (χ1) is 19.6. The SMILES string of the molecule is O=C(CC1(Cc2nc(CCCCNc3ccccn3)no2)CCN(C(=O)c2ccccc2)CC1)OC(=O)C(F)(F)F. The van der Waals surface area contributed by atoms with Crippen molar-refractivity contribution < 1.29 is 36.8 Å². The molecule has 1 aromatic carbocycles. The Labute approximate surface area is 234 Å². The summed E-state index contributed by atoms with van der Waals surface area (Å²) < 4.78 is 47.5. The van der Waals surface area contributed by atoms with Gasteiger partial charge in [0.25, 0.3) is 5.91 Å². The van der Waals surface area contributed by atoms with Crippen LogP contribution in [0.25, 0.3) is 0 Å². The molecule has 0 atom stereocenters. The Morgan fingerprint density at radius 2 is 1.76 bits per heavy atom. The van der Waals surface area contributed by atoms with Crippen molar-refractivity contribution in [3.63, 3.8) is 0 Å². The van der Waals surface area contributed by atoms with E-state index >= 15 is 0 Å². The summed E-state index contributed by atoms with van der Waals surface area (Å²) in [6.07, 6.45) is -1.31. The second kappa shape index (κ2) is 13.4. The molecule has 0 radical (unpaired) electrons. The molecule has 0 bridgehead atoms. The van der Waals surface area contributed by atoms with Crippen LogP contribution in [-0.2, 0) is 27.2 Å². The van der Waals surface area contributed by atoms with Crippen LogP contribution in [0.4, 0.5) is 19.0 Å². The van der Waals surface area contributed by atoms with E-state index in [4.69, 9.17) is 4.52 Å². The molecule has 0 saturated carbocycles. The minimum atomic E-state index is -5.29. The maximum Gasteiger partial charge on any atom is 0.491 e. The lowest BCUT2D eigenvalue weighted by Gasteiger charge is -2.40. The third-order valence-corrected chi connectivity index (χ3v) is 6.92. The van der Waals surface area contributed by atoms with Crippen LogP contribution in [-0.4, -0.2) is 63.7 Å². The zero-order valence-electron chi connectivity index (χ0n) is 22.2. The fraction of sp³-hybridized carbons (Fsp3) is 0.429. The van der Waals surface area contributed by atoms with Crippen molar-refractivity contribution in [2.75, 3.05) is 25.0 Å². The Kier molecular flexibility index (Phi) is 9.69. The number of carbonyl (C=O) groups excluding carboxylic acids is 3. The number of hydrogen-bond acceptors (Lipinski definition) is 9. The standard InChI is InChI=1S/C28H30F3N5O5/c29-28(30,31)26(39)40-24(37)19-27(12-16-36(17-13-27)25(38)20-8-2-1-3-9-20)18-23-34-22(35-41-23)11-5-7-15-33-21-10-4-6-14-32-21/h1-4,6,8-10,14H,5,7,11-13,15-19H2,(H,32,33). The fourth-order valence-corrected chi connectivity index (χ4v) is 4.74. The van der Waals surface area contributed by atoms with Gasteiger partial charge < -0.3 is 19.5 Å². The second-order valence-corrected chi connectivity index (χ2v) is 9.97. The highest BCUT2D eigenvalue weighted by Gasteiger charge is 2.45. The van der Waals surface area contributed by atoms with Crippen LogP contribution in [0.5, 0.6) is 0 Å². The van der Waals surface area contributed by atoms with E-state index in [1.807, 2.05) is 18.2 Å². The van der Waals surface area contributed by atoms with E-state index in [0.29, 0.717) is 24.4 Å². The maximum atomic E-state index is 12.9.